The van der Waals surface area contributed by atoms with Gasteiger partial charge in [-0.15, -0.1) is 22.7 Å². The maximum absolute atomic E-state index is 12.4. The third-order valence-electron chi connectivity index (χ3n) is 6.25. The molecule has 0 fully saturated rings. The van der Waals surface area contributed by atoms with E-state index in [2.05, 4.69) is 0 Å². The number of benzene rings is 2. The Morgan fingerprint density at radius 2 is 1.20 bits per heavy atom. The van der Waals surface area contributed by atoms with Gasteiger partial charge in [-0.2, -0.15) is 0 Å². The number of carbonyl (C=O) groups excluding carboxylic acids is 2. The topological polar surface area (TPSA) is 136 Å². The second-order valence-corrected chi connectivity index (χ2v) is 11.2. The molecule has 0 unspecified atom stereocenters. The number of hydrogen-bond donors (Lipinski definition) is 2. The summed E-state index contributed by atoms with van der Waals surface area (Å²) in [6.45, 7) is 0.390. The Bertz CT molecular complexity index is 1460. The zero-order valence-electron chi connectivity index (χ0n) is 22.0. The number of carboxylic acid groups (broad SMARTS) is 2. The third kappa shape index (κ3) is 6.97. The highest BCUT2D eigenvalue weighted by atomic mass is 32.1. The van der Waals surface area contributed by atoms with Crippen LogP contribution in [-0.2, 0) is 16.0 Å². The van der Waals surface area contributed by atoms with Gasteiger partial charge in [-0.1, -0.05) is 0 Å². The van der Waals surface area contributed by atoms with Crippen LogP contribution in [0.1, 0.15) is 57.0 Å². The molecular weight excluding hydrogens is 556 g/mol. The summed E-state index contributed by atoms with van der Waals surface area (Å²) in [4.78, 5) is 47.4. The van der Waals surface area contributed by atoms with E-state index in [-0.39, 0.29) is 37.2 Å². The van der Waals surface area contributed by atoms with Crippen molar-refractivity contribution < 1.29 is 43.6 Å². The minimum atomic E-state index is -1.01. The normalized spacial score (nSPS) is 11.1. The molecule has 0 saturated heterocycles. The molecule has 0 aliphatic carbocycles. The predicted molar refractivity (Wildman–Crippen MR) is 153 cm³/mol. The lowest BCUT2D eigenvalue weighted by Crippen LogP contribution is -2.02. The molecule has 0 radical (unpaired) electrons. The Morgan fingerprint density at radius 3 is 1.73 bits per heavy atom. The summed E-state index contributed by atoms with van der Waals surface area (Å²) in [5, 5.41) is 19.4. The molecule has 9 nitrogen and oxygen atoms in total. The molecule has 2 heterocycles. The number of thiophene rings is 2. The third-order valence-corrected chi connectivity index (χ3v) is 8.53. The largest absolute Gasteiger partial charge is 0.496 e. The average Bonchev–Trinajstić information content (AvgIpc) is 3.55. The molecule has 210 valence electrons. The van der Waals surface area contributed by atoms with Gasteiger partial charge in [-0.25, -0.2) is 0 Å². The van der Waals surface area contributed by atoms with Gasteiger partial charge in [0.25, 0.3) is 0 Å². The van der Waals surface area contributed by atoms with E-state index in [0.717, 1.165) is 25.7 Å². The van der Waals surface area contributed by atoms with Gasteiger partial charge >= 0.3 is 11.9 Å². The number of carboxylic acids is 2. The first kappa shape index (κ1) is 29.0. The summed E-state index contributed by atoms with van der Waals surface area (Å²) >= 11 is 2.62. The van der Waals surface area contributed by atoms with Crippen molar-refractivity contribution >= 4 is 66.4 Å². The average molecular weight is 585 g/mol. The minimum absolute atomic E-state index is 0.0352. The van der Waals surface area contributed by atoms with E-state index in [1.54, 1.807) is 32.4 Å². The monoisotopic (exact) mass is 584 g/mol. The quantitative estimate of drug-likeness (QED) is 0.123. The summed E-state index contributed by atoms with van der Waals surface area (Å²) < 4.78 is 18.8. The van der Waals surface area contributed by atoms with Gasteiger partial charge in [-0.3, -0.25) is 19.2 Å². The van der Waals surface area contributed by atoms with Crippen LogP contribution in [0.2, 0.25) is 0 Å². The van der Waals surface area contributed by atoms with Crippen molar-refractivity contribution in [1.29, 1.82) is 0 Å². The van der Waals surface area contributed by atoms with E-state index in [9.17, 15) is 19.2 Å². The van der Waals surface area contributed by atoms with E-state index < -0.39 is 11.9 Å². The van der Waals surface area contributed by atoms with Gasteiger partial charge in [0.05, 0.1) is 43.4 Å². The minimum Gasteiger partial charge on any atom is -0.496 e. The van der Waals surface area contributed by atoms with Gasteiger partial charge in [-0.05, 0) is 59.5 Å². The number of fused-ring (bicyclic) bond motifs is 2. The fraction of sp³-hybridized carbons (Fsp3) is 0.310. The van der Waals surface area contributed by atoms with Gasteiger partial charge in [0.15, 0.2) is 23.1 Å². The van der Waals surface area contributed by atoms with Crippen LogP contribution < -0.4 is 14.2 Å². The Hall–Kier alpha value is -3.96. The number of ketones is 2. The van der Waals surface area contributed by atoms with Crippen LogP contribution in [0, 0.1) is 0 Å². The highest BCUT2D eigenvalue weighted by molar-refractivity contribution is 7.21. The van der Waals surface area contributed by atoms with E-state index in [0.29, 0.717) is 46.5 Å². The summed E-state index contributed by atoms with van der Waals surface area (Å²) in [7, 11) is 3.14. The number of aryl methyl sites for hydroxylation is 1. The first-order valence-corrected chi connectivity index (χ1v) is 14.2. The predicted octanol–water partition coefficient (Wildman–Crippen LogP) is 6.24. The van der Waals surface area contributed by atoms with E-state index >= 15 is 0 Å². The number of rotatable bonds is 15. The van der Waals surface area contributed by atoms with E-state index in [1.165, 1.54) is 22.7 Å². The second kappa shape index (κ2) is 12.9. The molecule has 0 aliphatic rings. The number of hydrogen-bond acceptors (Lipinski definition) is 9. The number of carbonyl (C=O) groups is 4. The lowest BCUT2D eigenvalue weighted by atomic mass is 10.1. The molecule has 0 amide bonds. The summed E-state index contributed by atoms with van der Waals surface area (Å²) in [5.74, 6) is -0.618. The van der Waals surface area contributed by atoms with Crippen molar-refractivity contribution in [2.75, 3.05) is 20.8 Å². The maximum Gasteiger partial charge on any atom is 0.303 e. The van der Waals surface area contributed by atoms with Crippen LogP contribution in [0.15, 0.2) is 36.4 Å². The molecule has 2 aromatic carbocycles. The Morgan fingerprint density at radius 1 is 0.675 bits per heavy atom. The molecule has 0 atom stereocenters. The zero-order valence-corrected chi connectivity index (χ0v) is 23.6. The molecule has 0 bridgehead atoms. The van der Waals surface area contributed by atoms with Crippen LogP contribution in [0.25, 0.3) is 20.2 Å². The van der Waals surface area contributed by atoms with Crippen LogP contribution in [-0.4, -0.2) is 54.5 Å². The summed E-state index contributed by atoms with van der Waals surface area (Å²) in [6.07, 6.45) is 0.834. The zero-order chi connectivity index (χ0) is 28.8. The van der Waals surface area contributed by atoms with E-state index in [1.807, 2.05) is 18.2 Å². The van der Waals surface area contributed by atoms with Crippen LogP contribution in [0.5, 0.6) is 17.2 Å². The fourth-order valence-corrected chi connectivity index (χ4v) is 6.31. The van der Waals surface area contributed by atoms with Crippen molar-refractivity contribution in [3.8, 4) is 17.2 Å². The molecule has 4 aromatic rings. The maximum atomic E-state index is 12.4. The van der Waals surface area contributed by atoms with Crippen molar-refractivity contribution in [2.24, 2.45) is 0 Å². The van der Waals surface area contributed by atoms with Crippen molar-refractivity contribution in [2.45, 2.75) is 38.5 Å². The Labute approximate surface area is 237 Å². The van der Waals surface area contributed by atoms with Crippen molar-refractivity contribution in [3.63, 3.8) is 0 Å². The molecule has 40 heavy (non-hydrogen) atoms. The number of methoxy groups -OCH3 is 2. The van der Waals surface area contributed by atoms with Crippen LogP contribution in [0.4, 0.5) is 0 Å². The Balaban J connectivity index is 1.42. The number of ether oxygens (including phenoxy) is 3. The number of aliphatic carboxylic acids is 2. The first-order chi connectivity index (χ1) is 19.2. The number of Topliss-reactive ketones (excluding diaryl/α,β-unsaturated/α-hetero) is 2. The highest BCUT2D eigenvalue weighted by Gasteiger charge is 2.17. The van der Waals surface area contributed by atoms with Crippen molar-refractivity contribution in [3.05, 3.63) is 51.7 Å². The molecule has 0 aliphatic heterocycles. The first-order valence-electron chi connectivity index (χ1n) is 12.5. The molecule has 0 saturated carbocycles. The standard InChI is InChI=1S/C29H28O9S2/c1-36-21-14-24-17(12-26(39-24)19(30)5-7-28(32)33)10-16(21)4-3-9-38-23-15-25-18(11-22(23)37-2)13-27(40-25)20(31)6-8-29(34)35/h10-15H,3-9H2,1-2H3,(H,32,33)(H,34,35). The molecule has 11 heteroatoms. The Kier molecular flexibility index (Phi) is 9.38. The molecule has 4 rings (SSSR count). The summed E-state index contributed by atoms with van der Waals surface area (Å²) in [5.41, 5.74) is 0.964. The fourth-order valence-electron chi connectivity index (χ4n) is 4.23. The SMILES string of the molecule is COc1cc2sc(C(=O)CCC(=O)O)cc2cc1CCCOc1cc2sc(C(=O)CCC(=O)O)cc2cc1OC. The molecular formula is C29H28O9S2. The van der Waals surface area contributed by atoms with Crippen LogP contribution in [0.3, 0.4) is 0 Å². The van der Waals surface area contributed by atoms with Crippen LogP contribution >= 0.6 is 22.7 Å². The van der Waals surface area contributed by atoms with Gasteiger partial charge < -0.3 is 24.4 Å². The lowest BCUT2D eigenvalue weighted by molar-refractivity contribution is -0.137. The van der Waals surface area contributed by atoms with Gasteiger partial charge in [0, 0.05) is 28.3 Å². The molecule has 2 N–H and O–H groups in total. The molecule has 0 spiro atoms. The van der Waals surface area contributed by atoms with Gasteiger partial charge in [0.2, 0.25) is 0 Å². The smallest absolute Gasteiger partial charge is 0.303 e. The highest BCUT2D eigenvalue weighted by Crippen LogP contribution is 2.38. The van der Waals surface area contributed by atoms with Crippen molar-refractivity contribution in [1.82, 2.24) is 0 Å². The lowest BCUT2D eigenvalue weighted by Gasteiger charge is -2.12. The second-order valence-electron chi connectivity index (χ2n) is 9.05. The molecule has 2 aromatic heterocycles. The van der Waals surface area contributed by atoms with Gasteiger partial charge in [0.1, 0.15) is 5.75 Å². The van der Waals surface area contributed by atoms with E-state index in [4.69, 9.17) is 24.4 Å². The summed E-state index contributed by atoms with van der Waals surface area (Å²) in [6, 6.07) is 11.1.